The van der Waals surface area contributed by atoms with Gasteiger partial charge >= 0.3 is 7.60 Å². The average Bonchev–Trinajstić information content (AvgIpc) is 3.53. The van der Waals surface area contributed by atoms with E-state index in [1.54, 1.807) is 41.4 Å². The van der Waals surface area contributed by atoms with Crippen LogP contribution < -0.4 is 30.6 Å². The van der Waals surface area contributed by atoms with E-state index < -0.39 is 38.1 Å². The Morgan fingerprint density at radius 1 is 1.08 bits per heavy atom. The number of aromatic nitrogens is 5. The molecule has 3 aromatic heterocycles. The Morgan fingerprint density at radius 3 is 2.58 bits per heavy atom. The lowest BCUT2D eigenvalue weighted by Crippen LogP contribution is -2.55. The number of anilines is 2. The fourth-order valence-electron chi connectivity index (χ4n) is 6.25. The van der Waals surface area contributed by atoms with Crippen molar-refractivity contribution in [1.29, 1.82) is 0 Å². The molecule has 0 bridgehead atoms. The standard InChI is InChI=1S/C34H38F3N8O6P/c1-48-23-7-4-21(5-8-23)16-51-52(46,47)20-50-27-9-6-22(12-25(27)35)29-31(49-2)24(15-45-19-43-30-32(38)41-18-42-33(30)45)26(14-40-29)44-11-3-10-34(39,17-44)13-28(36)37/h4-9,12,14,18-19,28H,3,10-11,13,15-17,20,39H2,1-2H3,(H,46,47)(H2,38,41,42)/t34-/m0/s1. The number of nitrogens with zero attached hydrogens (tertiary/aromatic N) is 6. The first-order valence-corrected chi connectivity index (χ1v) is 18.0. The number of benzene rings is 2. The van der Waals surface area contributed by atoms with Crippen LogP contribution in [-0.2, 0) is 22.2 Å². The van der Waals surface area contributed by atoms with Gasteiger partial charge < -0.3 is 44.6 Å². The molecule has 1 fully saturated rings. The summed E-state index contributed by atoms with van der Waals surface area (Å²) in [4.78, 5) is 29.6. The monoisotopic (exact) mass is 742 g/mol. The number of methoxy groups -OCH3 is 2. The van der Waals surface area contributed by atoms with Gasteiger partial charge in [-0.05, 0) is 48.7 Å². The van der Waals surface area contributed by atoms with Gasteiger partial charge in [-0.3, -0.25) is 9.55 Å². The molecule has 0 radical (unpaired) electrons. The Morgan fingerprint density at radius 2 is 1.87 bits per heavy atom. The van der Waals surface area contributed by atoms with E-state index in [0.29, 0.717) is 58.7 Å². The summed E-state index contributed by atoms with van der Waals surface area (Å²) in [5.74, 6) is -0.0100. The normalized spacial score (nSPS) is 17.3. The van der Waals surface area contributed by atoms with Gasteiger partial charge in [0, 0.05) is 36.2 Å². The predicted molar refractivity (Wildman–Crippen MR) is 187 cm³/mol. The van der Waals surface area contributed by atoms with Crippen LogP contribution in [0.15, 0.2) is 61.3 Å². The van der Waals surface area contributed by atoms with Crippen LogP contribution in [-0.4, -0.2) is 75.0 Å². The molecule has 1 aliphatic rings. The van der Waals surface area contributed by atoms with Crippen LogP contribution in [0.3, 0.4) is 0 Å². The molecule has 0 saturated carbocycles. The number of nitrogens with two attached hydrogens (primary N) is 2. The lowest BCUT2D eigenvalue weighted by atomic mass is 9.86. The predicted octanol–water partition coefficient (Wildman–Crippen LogP) is 5.37. The summed E-state index contributed by atoms with van der Waals surface area (Å²) in [5.41, 5.74) is 14.6. The number of piperidine rings is 1. The van der Waals surface area contributed by atoms with Gasteiger partial charge in [0.25, 0.3) is 0 Å². The summed E-state index contributed by atoms with van der Waals surface area (Å²) in [6.07, 6.45) is 1.63. The second-order valence-electron chi connectivity index (χ2n) is 12.5. The second-order valence-corrected chi connectivity index (χ2v) is 14.3. The number of fused-ring (bicyclic) bond motifs is 1. The molecule has 0 aliphatic carbocycles. The first kappa shape index (κ1) is 36.8. The number of alkyl halides is 2. The van der Waals surface area contributed by atoms with Crippen LogP contribution in [0.2, 0.25) is 0 Å². The Hall–Kier alpha value is -4.96. The summed E-state index contributed by atoms with van der Waals surface area (Å²) in [7, 11) is -1.30. The van der Waals surface area contributed by atoms with E-state index in [4.69, 9.17) is 30.2 Å². The molecular formula is C34H38F3N8O6P. The van der Waals surface area contributed by atoms with Crippen molar-refractivity contribution in [3.05, 3.63) is 78.3 Å². The van der Waals surface area contributed by atoms with Crippen LogP contribution in [0.1, 0.15) is 30.4 Å². The first-order valence-electron chi connectivity index (χ1n) is 16.2. The van der Waals surface area contributed by atoms with Crippen LogP contribution >= 0.6 is 7.60 Å². The molecule has 0 amide bonds. The van der Waals surface area contributed by atoms with E-state index in [9.17, 15) is 18.2 Å². The SMILES string of the molecule is COc1ccc(COP(=O)(O)COc2ccc(-c3ncc(N4CCC[C@](N)(CC(F)F)C4)c(Cn4cnc5c(N)ncnc54)c3OC)cc2F)cc1. The highest BCUT2D eigenvalue weighted by atomic mass is 31.2. The van der Waals surface area contributed by atoms with Crippen LogP contribution in [0.5, 0.6) is 17.2 Å². The number of hydrogen-bond acceptors (Lipinski definition) is 12. The molecule has 1 unspecified atom stereocenters. The number of hydrogen-bond donors (Lipinski definition) is 3. The third-order valence-corrected chi connectivity index (χ3v) is 9.75. The highest BCUT2D eigenvalue weighted by molar-refractivity contribution is 7.52. The molecule has 5 aromatic rings. The van der Waals surface area contributed by atoms with E-state index in [1.165, 1.54) is 38.7 Å². The molecule has 4 heterocycles. The fourth-order valence-corrected chi connectivity index (χ4v) is 6.98. The zero-order valence-electron chi connectivity index (χ0n) is 28.4. The molecular weight excluding hydrogens is 704 g/mol. The van der Waals surface area contributed by atoms with Crippen LogP contribution in [0.25, 0.3) is 22.4 Å². The van der Waals surface area contributed by atoms with Gasteiger partial charge in [0.1, 0.15) is 23.3 Å². The molecule has 1 saturated heterocycles. The number of ether oxygens (including phenoxy) is 3. The largest absolute Gasteiger partial charge is 0.497 e. The molecule has 18 heteroatoms. The van der Waals surface area contributed by atoms with Gasteiger partial charge in [-0.2, -0.15) is 0 Å². The minimum atomic E-state index is -4.27. The Bertz CT molecular complexity index is 2090. The maximum atomic E-state index is 15.5. The Kier molecular flexibility index (Phi) is 10.9. The third-order valence-electron chi connectivity index (χ3n) is 8.77. The van der Waals surface area contributed by atoms with Crippen molar-refractivity contribution < 1.29 is 41.4 Å². The van der Waals surface area contributed by atoms with Gasteiger partial charge in [-0.1, -0.05) is 12.1 Å². The molecule has 276 valence electrons. The summed E-state index contributed by atoms with van der Waals surface area (Å²) in [5, 5.41) is 0. The van der Waals surface area contributed by atoms with Gasteiger partial charge in [0.05, 0.1) is 45.6 Å². The summed E-state index contributed by atoms with van der Waals surface area (Å²) in [6, 6.07) is 10.8. The second kappa shape index (κ2) is 15.3. The van der Waals surface area contributed by atoms with Crippen molar-refractivity contribution in [2.75, 3.05) is 44.3 Å². The van der Waals surface area contributed by atoms with E-state index in [1.807, 2.05) is 4.90 Å². The van der Waals surface area contributed by atoms with Gasteiger partial charge in [0.2, 0.25) is 6.43 Å². The maximum absolute atomic E-state index is 15.5. The van der Waals surface area contributed by atoms with Crippen molar-refractivity contribution in [1.82, 2.24) is 24.5 Å². The minimum Gasteiger partial charge on any atom is -0.497 e. The highest BCUT2D eigenvalue weighted by Gasteiger charge is 2.36. The van der Waals surface area contributed by atoms with E-state index in [0.717, 1.165) is 0 Å². The maximum Gasteiger partial charge on any atom is 0.365 e. The number of rotatable bonds is 14. The summed E-state index contributed by atoms with van der Waals surface area (Å²) >= 11 is 0. The van der Waals surface area contributed by atoms with Crippen LogP contribution in [0, 0.1) is 5.82 Å². The molecule has 0 spiro atoms. The van der Waals surface area contributed by atoms with Crippen LogP contribution in [0.4, 0.5) is 24.7 Å². The van der Waals surface area contributed by atoms with Crippen molar-refractivity contribution in [3.8, 4) is 28.5 Å². The van der Waals surface area contributed by atoms with Crippen molar-refractivity contribution in [2.24, 2.45) is 5.73 Å². The fraction of sp³-hybridized carbons (Fsp3) is 0.353. The summed E-state index contributed by atoms with van der Waals surface area (Å²) < 4.78 is 78.5. The topological polar surface area (TPSA) is 186 Å². The Labute approximate surface area is 297 Å². The van der Waals surface area contributed by atoms with E-state index in [2.05, 4.69) is 19.9 Å². The zero-order valence-corrected chi connectivity index (χ0v) is 29.3. The third kappa shape index (κ3) is 8.23. The molecule has 6 rings (SSSR count). The first-order chi connectivity index (χ1) is 24.9. The molecule has 1 aliphatic heterocycles. The number of halogens is 3. The van der Waals surface area contributed by atoms with Gasteiger partial charge in [-0.15, -0.1) is 0 Å². The zero-order chi connectivity index (χ0) is 37.0. The number of imidazole rings is 1. The quantitative estimate of drug-likeness (QED) is 0.124. The van der Waals surface area contributed by atoms with Gasteiger partial charge in [-0.25, -0.2) is 28.1 Å². The molecule has 2 aromatic carbocycles. The molecule has 52 heavy (non-hydrogen) atoms. The summed E-state index contributed by atoms with van der Waals surface area (Å²) in [6.45, 7) is 0.638. The van der Waals surface area contributed by atoms with E-state index >= 15 is 4.39 Å². The highest BCUT2D eigenvalue weighted by Crippen LogP contribution is 2.44. The average molecular weight is 743 g/mol. The lowest BCUT2D eigenvalue weighted by molar-refractivity contribution is 0.0983. The number of pyridine rings is 1. The molecule has 2 atom stereocenters. The lowest BCUT2D eigenvalue weighted by Gasteiger charge is -2.42. The van der Waals surface area contributed by atoms with Crippen molar-refractivity contribution in [2.45, 2.75) is 44.4 Å². The molecule has 5 N–H and O–H groups in total. The van der Waals surface area contributed by atoms with E-state index in [-0.39, 0.29) is 42.7 Å². The van der Waals surface area contributed by atoms with Crippen molar-refractivity contribution >= 4 is 30.3 Å². The minimum absolute atomic E-state index is 0.135. The smallest absolute Gasteiger partial charge is 0.365 e. The Balaban J connectivity index is 1.29. The van der Waals surface area contributed by atoms with Crippen molar-refractivity contribution in [3.63, 3.8) is 0 Å². The van der Waals surface area contributed by atoms with Gasteiger partial charge in [0.15, 0.2) is 35.1 Å². The number of nitrogen functional groups attached to an aromatic ring is 1. The molecule has 14 nitrogen and oxygen atoms in total.